The van der Waals surface area contributed by atoms with Crippen molar-refractivity contribution in [3.05, 3.63) is 77.4 Å². The second kappa shape index (κ2) is 8.82. The number of phenols is 1. The molecule has 8 heteroatoms. The van der Waals surface area contributed by atoms with Gasteiger partial charge in [0.25, 0.3) is 0 Å². The first-order chi connectivity index (χ1) is 15.7. The molecule has 0 saturated heterocycles. The molecule has 170 valence electrons. The molecule has 0 aliphatic carbocycles. The first-order valence-electron chi connectivity index (χ1n) is 10.3. The molecule has 0 saturated carbocycles. The number of ether oxygens (including phenoxy) is 2. The van der Waals surface area contributed by atoms with Crippen LogP contribution in [0.2, 0.25) is 0 Å². The number of phenolic OH excluding ortho intramolecular Hbond substituents is 1. The van der Waals surface area contributed by atoms with Crippen molar-refractivity contribution < 1.29 is 28.9 Å². The van der Waals surface area contributed by atoms with E-state index in [9.17, 15) is 14.3 Å². The van der Waals surface area contributed by atoms with E-state index in [-0.39, 0.29) is 5.75 Å². The lowest BCUT2D eigenvalue weighted by Crippen LogP contribution is -2.23. The zero-order valence-corrected chi connectivity index (χ0v) is 18.4. The fraction of sp³-hybridized carbons (Fsp3) is 0.200. The van der Waals surface area contributed by atoms with Crippen molar-refractivity contribution >= 4 is 17.0 Å². The van der Waals surface area contributed by atoms with Gasteiger partial charge in [-0.1, -0.05) is 6.07 Å². The fourth-order valence-corrected chi connectivity index (χ4v) is 3.56. The van der Waals surface area contributed by atoms with Gasteiger partial charge in [-0.2, -0.15) is 4.39 Å². The number of hydrogen-bond acceptors (Lipinski definition) is 5. The lowest BCUT2D eigenvalue weighted by molar-refractivity contribution is -0.144. The van der Waals surface area contributed by atoms with Crippen molar-refractivity contribution in [2.24, 2.45) is 0 Å². The highest BCUT2D eigenvalue weighted by Gasteiger charge is 2.20. The van der Waals surface area contributed by atoms with Crippen LogP contribution < -0.4 is 9.47 Å². The molecule has 7 nitrogen and oxygen atoms in total. The molecular weight excluding hydrogens is 427 g/mol. The minimum atomic E-state index is -1.06. The monoisotopic (exact) mass is 450 g/mol. The number of aliphatic carboxylic acids is 1. The number of aromatic hydroxyl groups is 1. The first-order valence-corrected chi connectivity index (χ1v) is 10.3. The molecule has 2 heterocycles. The van der Waals surface area contributed by atoms with Crippen LogP contribution in [0, 0.1) is 19.8 Å². The molecule has 0 fully saturated rings. The largest absolute Gasteiger partial charge is 0.508 e. The van der Waals surface area contributed by atoms with Crippen LogP contribution in [-0.4, -0.2) is 31.8 Å². The third-order valence-electron chi connectivity index (χ3n) is 5.44. The lowest BCUT2D eigenvalue weighted by Gasteiger charge is -2.15. The second-order valence-corrected chi connectivity index (χ2v) is 7.79. The SMILES string of the molecule is Cc1ccc(OC(C)C(=O)O)cc1Cn1c(C)c(Oc2ccc(O)cc2)c2ccc(F)nc21. The standard InChI is InChI=1S/C25H23FN2O5/c1-14-4-7-20(32-16(3)25(30)31)12-17(14)13-28-15(2)23(21-10-11-22(26)27-24(21)28)33-19-8-5-18(29)6-9-19/h4-12,16,29H,13H2,1-3H3,(H,30,31). The molecule has 1 unspecified atom stereocenters. The van der Waals surface area contributed by atoms with Gasteiger partial charge in [0.15, 0.2) is 11.9 Å². The Hall–Kier alpha value is -4.07. The summed E-state index contributed by atoms with van der Waals surface area (Å²) >= 11 is 0. The smallest absolute Gasteiger partial charge is 0.344 e. The highest BCUT2D eigenvalue weighted by molar-refractivity contribution is 5.86. The quantitative estimate of drug-likeness (QED) is 0.376. The third kappa shape index (κ3) is 4.59. The summed E-state index contributed by atoms with van der Waals surface area (Å²) in [6.45, 7) is 5.60. The van der Waals surface area contributed by atoms with Gasteiger partial charge in [0.2, 0.25) is 5.95 Å². The predicted molar refractivity (Wildman–Crippen MR) is 121 cm³/mol. The predicted octanol–water partition coefficient (Wildman–Crippen LogP) is 5.19. The van der Waals surface area contributed by atoms with Crippen molar-refractivity contribution in [2.75, 3.05) is 0 Å². The molecule has 2 aromatic heterocycles. The van der Waals surface area contributed by atoms with E-state index >= 15 is 0 Å². The Morgan fingerprint density at radius 3 is 2.48 bits per heavy atom. The summed E-state index contributed by atoms with van der Waals surface area (Å²) in [5.41, 5.74) is 2.99. The normalized spacial score (nSPS) is 12.0. The summed E-state index contributed by atoms with van der Waals surface area (Å²) in [4.78, 5) is 15.2. The molecule has 0 amide bonds. The minimum absolute atomic E-state index is 0.125. The molecule has 1 atom stereocenters. The zero-order chi connectivity index (χ0) is 23.7. The van der Waals surface area contributed by atoms with Gasteiger partial charge >= 0.3 is 5.97 Å². The Balaban J connectivity index is 1.75. The molecule has 33 heavy (non-hydrogen) atoms. The van der Waals surface area contributed by atoms with Gasteiger partial charge in [0.1, 0.15) is 22.9 Å². The van der Waals surface area contributed by atoms with E-state index in [1.807, 2.05) is 24.5 Å². The van der Waals surface area contributed by atoms with E-state index in [4.69, 9.17) is 14.6 Å². The number of carboxylic acids is 1. The van der Waals surface area contributed by atoms with E-state index in [1.54, 1.807) is 30.3 Å². The van der Waals surface area contributed by atoms with Crippen molar-refractivity contribution in [1.29, 1.82) is 0 Å². The van der Waals surface area contributed by atoms with Crippen LogP contribution in [-0.2, 0) is 11.3 Å². The van der Waals surface area contributed by atoms with Crippen molar-refractivity contribution in [2.45, 2.75) is 33.4 Å². The number of carboxylic acid groups (broad SMARTS) is 1. The van der Waals surface area contributed by atoms with Gasteiger partial charge in [-0.05, 0) is 80.4 Å². The molecule has 0 radical (unpaired) electrons. The molecule has 0 bridgehead atoms. The lowest BCUT2D eigenvalue weighted by atomic mass is 10.1. The van der Waals surface area contributed by atoms with Crippen LogP contribution in [0.1, 0.15) is 23.7 Å². The zero-order valence-electron chi connectivity index (χ0n) is 18.4. The van der Waals surface area contributed by atoms with Crippen molar-refractivity contribution in [1.82, 2.24) is 9.55 Å². The molecule has 2 N–H and O–H groups in total. The number of fused-ring (bicyclic) bond motifs is 1. The summed E-state index contributed by atoms with van der Waals surface area (Å²) in [7, 11) is 0. The number of aryl methyl sites for hydroxylation is 1. The summed E-state index contributed by atoms with van der Waals surface area (Å²) in [5, 5.41) is 19.3. The molecule has 4 rings (SSSR count). The Morgan fingerprint density at radius 2 is 1.79 bits per heavy atom. The highest BCUT2D eigenvalue weighted by atomic mass is 19.1. The topological polar surface area (TPSA) is 93.8 Å². The summed E-state index contributed by atoms with van der Waals surface area (Å²) < 4.78 is 27.5. The summed E-state index contributed by atoms with van der Waals surface area (Å²) in [5.74, 6) is -0.0535. The minimum Gasteiger partial charge on any atom is -0.508 e. The molecule has 0 aliphatic rings. The van der Waals surface area contributed by atoms with E-state index in [0.29, 0.717) is 34.8 Å². The van der Waals surface area contributed by atoms with E-state index in [0.717, 1.165) is 16.8 Å². The number of benzene rings is 2. The Bertz CT molecular complexity index is 1330. The summed E-state index contributed by atoms with van der Waals surface area (Å²) in [6, 6.07) is 14.6. The van der Waals surface area contributed by atoms with E-state index in [1.165, 1.54) is 25.1 Å². The first kappa shape index (κ1) is 22.1. The highest BCUT2D eigenvalue weighted by Crippen LogP contribution is 2.36. The van der Waals surface area contributed by atoms with Crippen LogP contribution in [0.4, 0.5) is 4.39 Å². The molecule has 0 spiro atoms. The van der Waals surface area contributed by atoms with Crippen molar-refractivity contribution in [3.8, 4) is 23.0 Å². The van der Waals surface area contributed by atoms with Crippen LogP contribution in [0.3, 0.4) is 0 Å². The van der Waals surface area contributed by atoms with Gasteiger partial charge in [-0.15, -0.1) is 0 Å². The van der Waals surface area contributed by atoms with Crippen molar-refractivity contribution in [3.63, 3.8) is 0 Å². The fourth-order valence-electron chi connectivity index (χ4n) is 3.56. The van der Waals surface area contributed by atoms with Crippen LogP contribution in [0.15, 0.2) is 54.6 Å². The van der Waals surface area contributed by atoms with Gasteiger partial charge in [-0.3, -0.25) is 0 Å². The second-order valence-electron chi connectivity index (χ2n) is 7.79. The average molecular weight is 450 g/mol. The van der Waals surface area contributed by atoms with Gasteiger partial charge in [0, 0.05) is 6.54 Å². The van der Waals surface area contributed by atoms with Crippen LogP contribution in [0.5, 0.6) is 23.0 Å². The van der Waals surface area contributed by atoms with Gasteiger partial charge < -0.3 is 24.3 Å². The van der Waals surface area contributed by atoms with Gasteiger partial charge in [-0.25, -0.2) is 9.78 Å². The molecule has 4 aromatic rings. The Labute approximate surface area is 189 Å². The molecule has 2 aromatic carbocycles. The third-order valence-corrected chi connectivity index (χ3v) is 5.44. The molecular formula is C25H23FN2O5. The summed E-state index contributed by atoms with van der Waals surface area (Å²) in [6.07, 6.45) is -0.990. The number of nitrogens with zero attached hydrogens (tertiary/aromatic N) is 2. The molecule has 0 aliphatic heterocycles. The Kier molecular flexibility index (Phi) is 5.91. The van der Waals surface area contributed by atoms with Gasteiger partial charge in [0.05, 0.1) is 11.1 Å². The average Bonchev–Trinajstić information content (AvgIpc) is 3.02. The maximum atomic E-state index is 14.1. The number of hydrogen-bond donors (Lipinski definition) is 2. The number of pyridine rings is 1. The Morgan fingerprint density at radius 1 is 1.09 bits per heavy atom. The number of aromatic nitrogens is 2. The van der Waals surface area contributed by atoms with E-state index < -0.39 is 18.0 Å². The number of halogens is 1. The van der Waals surface area contributed by atoms with Crippen LogP contribution in [0.25, 0.3) is 11.0 Å². The number of carbonyl (C=O) groups is 1. The maximum Gasteiger partial charge on any atom is 0.344 e. The number of rotatable bonds is 7. The maximum absolute atomic E-state index is 14.1. The van der Waals surface area contributed by atoms with E-state index in [2.05, 4.69) is 4.98 Å². The van der Waals surface area contributed by atoms with Crippen LogP contribution >= 0.6 is 0 Å².